The van der Waals surface area contributed by atoms with Crippen molar-refractivity contribution < 1.29 is 18.9 Å². The zero-order valence-corrected chi connectivity index (χ0v) is 32.6. The fraction of sp³-hybridized carbons (Fsp3) is 0.385. The van der Waals surface area contributed by atoms with E-state index in [-0.39, 0.29) is 11.9 Å². The van der Waals surface area contributed by atoms with Crippen LogP contribution in [-0.2, 0) is 15.9 Å². The summed E-state index contributed by atoms with van der Waals surface area (Å²) in [4.78, 5) is 42.1. The van der Waals surface area contributed by atoms with Gasteiger partial charge in [-0.3, -0.25) is 24.8 Å². The molecule has 0 atom stereocenters. The number of ether oxygens (including phenoxy) is 1. The van der Waals surface area contributed by atoms with Crippen molar-refractivity contribution in [3.63, 3.8) is 0 Å². The summed E-state index contributed by atoms with van der Waals surface area (Å²) in [6.07, 6.45) is 4.10. The fourth-order valence-corrected chi connectivity index (χ4v) is 8.77. The lowest BCUT2D eigenvalue weighted by molar-refractivity contribution is -0.120. The van der Waals surface area contributed by atoms with E-state index in [4.69, 9.17) is 16.3 Å². The Kier molecular flexibility index (Phi) is 11.4. The first-order valence-corrected chi connectivity index (χ1v) is 21.3. The lowest BCUT2D eigenvalue weighted by atomic mass is 10.0. The van der Waals surface area contributed by atoms with Crippen molar-refractivity contribution in [3.8, 4) is 5.75 Å². The summed E-state index contributed by atoms with van der Waals surface area (Å²) in [6, 6.07) is 21.9. The van der Waals surface area contributed by atoms with E-state index in [9.17, 15) is 14.2 Å². The topological polar surface area (TPSA) is 135 Å². The highest BCUT2D eigenvalue weighted by atomic mass is 35.5. The number of para-hydroxylation sites is 1. The Balaban J connectivity index is 0.915. The number of carbonyl (C=O) groups is 2. The number of rotatable bonds is 11. The van der Waals surface area contributed by atoms with E-state index in [1.54, 1.807) is 25.3 Å². The first-order chi connectivity index (χ1) is 26.0. The van der Waals surface area contributed by atoms with Crippen molar-refractivity contribution in [2.75, 3.05) is 86.7 Å². The van der Waals surface area contributed by atoms with Crippen LogP contribution in [0.4, 0.5) is 39.3 Å². The third-order valence-corrected chi connectivity index (χ3v) is 12.2. The van der Waals surface area contributed by atoms with Crippen LogP contribution >= 0.6 is 18.7 Å². The van der Waals surface area contributed by atoms with Crippen LogP contribution in [0, 0.1) is 0 Å². The summed E-state index contributed by atoms with van der Waals surface area (Å²) in [5.41, 5.74) is 4.52. The predicted octanol–water partition coefficient (Wildman–Crippen LogP) is 6.11. The molecule has 15 heteroatoms. The number of benzene rings is 3. The predicted molar refractivity (Wildman–Crippen MR) is 216 cm³/mol. The van der Waals surface area contributed by atoms with Crippen LogP contribution in [0.15, 0.2) is 72.9 Å². The molecule has 1 aromatic heterocycles. The second-order valence-electron chi connectivity index (χ2n) is 14.3. The van der Waals surface area contributed by atoms with Crippen LogP contribution in [0.2, 0.25) is 5.02 Å². The number of amides is 3. The first kappa shape index (κ1) is 37.6. The zero-order chi connectivity index (χ0) is 37.8. The largest absolute Gasteiger partial charge is 0.494 e. The number of nitrogens with zero attached hydrogens (tertiary/aromatic N) is 6. The standard InChI is InChI=1S/C39H47ClN9O4P/c1-53-34-24-29(11-12-32(34)43-38-41-25-31(40)37(45-38)42-33-9-4-5-10-35(33)54(2,3)52)48-21-19-47(20-22-48)28-13-16-46(17-14-28)26-27-7-6-8-30(23-27)49-18-15-36(50)44-39(49)51/h4-12,23-25,28H,13-22,26H2,1-3H3,(H,44,50,51)(H2,41,42,43,45). The molecule has 0 saturated carbocycles. The average Bonchev–Trinajstić information content (AvgIpc) is 3.16. The summed E-state index contributed by atoms with van der Waals surface area (Å²) in [5, 5.41) is 10.0. The number of methoxy groups -OCH3 is 1. The Morgan fingerprint density at radius 3 is 2.41 bits per heavy atom. The van der Waals surface area contributed by atoms with Gasteiger partial charge in [0.1, 0.15) is 17.9 Å². The first-order valence-electron chi connectivity index (χ1n) is 18.3. The maximum absolute atomic E-state index is 12.9. The molecule has 13 nitrogen and oxygen atoms in total. The number of piperazine rings is 1. The minimum absolute atomic E-state index is 0.221. The number of halogens is 1. The van der Waals surface area contributed by atoms with Gasteiger partial charge in [0.05, 0.1) is 24.7 Å². The number of likely N-dealkylation sites (tertiary alicyclic amines) is 1. The summed E-state index contributed by atoms with van der Waals surface area (Å²) in [7, 11) is -0.885. The number of hydrogen-bond acceptors (Lipinski definition) is 11. The van der Waals surface area contributed by atoms with Gasteiger partial charge in [-0.2, -0.15) is 4.98 Å². The van der Waals surface area contributed by atoms with Gasteiger partial charge >= 0.3 is 6.03 Å². The lowest BCUT2D eigenvalue weighted by Crippen LogP contribution is -2.53. The van der Waals surface area contributed by atoms with Gasteiger partial charge in [0.25, 0.3) is 0 Å². The number of imide groups is 1. The third kappa shape index (κ3) is 8.81. The van der Waals surface area contributed by atoms with Crippen LogP contribution in [0.25, 0.3) is 0 Å². The second kappa shape index (κ2) is 16.4. The lowest BCUT2D eigenvalue weighted by Gasteiger charge is -2.43. The Hall–Kier alpha value is -4.68. The molecule has 3 aliphatic heterocycles. The van der Waals surface area contributed by atoms with E-state index in [2.05, 4.69) is 58.8 Å². The smallest absolute Gasteiger partial charge is 0.328 e. The molecule has 54 heavy (non-hydrogen) atoms. The molecule has 3 fully saturated rings. The molecule has 0 bridgehead atoms. The molecule has 3 saturated heterocycles. The zero-order valence-electron chi connectivity index (χ0n) is 30.9. The van der Waals surface area contributed by atoms with Crippen molar-refractivity contribution in [1.29, 1.82) is 0 Å². The average molecular weight is 772 g/mol. The normalized spacial score (nSPS) is 17.7. The van der Waals surface area contributed by atoms with E-state index < -0.39 is 7.14 Å². The molecule has 3 amide bonds. The number of urea groups is 1. The van der Waals surface area contributed by atoms with E-state index in [1.807, 2.05) is 48.5 Å². The monoisotopic (exact) mass is 771 g/mol. The Bertz CT molecular complexity index is 2050. The third-order valence-electron chi connectivity index (χ3n) is 10.3. The van der Waals surface area contributed by atoms with Gasteiger partial charge in [-0.15, -0.1) is 0 Å². The van der Waals surface area contributed by atoms with Crippen molar-refractivity contribution in [1.82, 2.24) is 25.1 Å². The van der Waals surface area contributed by atoms with Gasteiger partial charge in [-0.1, -0.05) is 35.9 Å². The maximum atomic E-state index is 12.9. The van der Waals surface area contributed by atoms with Crippen LogP contribution in [0.3, 0.4) is 0 Å². The van der Waals surface area contributed by atoms with Gasteiger partial charge in [-0.25, -0.2) is 9.78 Å². The molecule has 3 aliphatic rings. The highest BCUT2D eigenvalue weighted by molar-refractivity contribution is 7.70. The molecule has 0 aliphatic carbocycles. The van der Waals surface area contributed by atoms with Gasteiger partial charge in [0.2, 0.25) is 11.9 Å². The molecule has 0 spiro atoms. The van der Waals surface area contributed by atoms with Crippen LogP contribution in [0.1, 0.15) is 24.8 Å². The highest BCUT2D eigenvalue weighted by Gasteiger charge is 2.29. The Morgan fingerprint density at radius 2 is 1.67 bits per heavy atom. The van der Waals surface area contributed by atoms with Gasteiger partial charge in [0, 0.05) is 74.5 Å². The number of aromatic nitrogens is 2. The van der Waals surface area contributed by atoms with Gasteiger partial charge in [-0.05, 0) is 81.2 Å². The number of nitrogens with one attached hydrogen (secondary N) is 3. The summed E-state index contributed by atoms with van der Waals surface area (Å²) >= 11 is 6.47. The Morgan fingerprint density at radius 1 is 0.889 bits per heavy atom. The molecule has 284 valence electrons. The van der Waals surface area contributed by atoms with E-state index in [0.717, 1.165) is 81.0 Å². The van der Waals surface area contributed by atoms with Crippen LogP contribution < -0.4 is 35.8 Å². The second-order valence-corrected chi connectivity index (χ2v) is 17.9. The minimum atomic E-state index is -2.54. The fourth-order valence-electron chi connectivity index (χ4n) is 7.47. The highest BCUT2D eigenvalue weighted by Crippen LogP contribution is 2.39. The molecule has 0 radical (unpaired) electrons. The minimum Gasteiger partial charge on any atom is -0.494 e. The quantitative estimate of drug-likeness (QED) is 0.153. The van der Waals surface area contributed by atoms with Crippen molar-refractivity contribution in [2.45, 2.75) is 31.8 Å². The van der Waals surface area contributed by atoms with Crippen molar-refractivity contribution >= 4 is 70.5 Å². The molecular weight excluding hydrogens is 725 g/mol. The maximum Gasteiger partial charge on any atom is 0.328 e. The Labute approximate surface area is 321 Å². The molecule has 3 N–H and O–H groups in total. The summed E-state index contributed by atoms with van der Waals surface area (Å²) < 4.78 is 18.7. The van der Waals surface area contributed by atoms with Crippen LogP contribution in [0.5, 0.6) is 5.75 Å². The molecule has 7 rings (SSSR count). The number of piperidine rings is 1. The molecular formula is C39H47ClN9O4P. The molecule has 4 heterocycles. The number of anilines is 6. The van der Waals surface area contributed by atoms with Crippen LogP contribution in [-0.4, -0.2) is 104 Å². The number of hydrogen-bond donors (Lipinski definition) is 3. The molecule has 0 unspecified atom stereocenters. The van der Waals surface area contributed by atoms with Gasteiger partial charge in [0.15, 0.2) is 5.82 Å². The molecule has 4 aromatic rings. The van der Waals surface area contributed by atoms with E-state index in [1.165, 1.54) is 11.8 Å². The summed E-state index contributed by atoms with van der Waals surface area (Å²) in [5.74, 6) is 1.21. The number of carbonyl (C=O) groups excluding carboxylic acids is 2. The van der Waals surface area contributed by atoms with Crippen molar-refractivity contribution in [3.05, 3.63) is 83.5 Å². The summed E-state index contributed by atoms with van der Waals surface area (Å²) in [6.45, 7) is 10.6. The van der Waals surface area contributed by atoms with E-state index in [0.29, 0.717) is 47.2 Å². The van der Waals surface area contributed by atoms with Crippen molar-refractivity contribution in [2.24, 2.45) is 0 Å². The SMILES string of the molecule is COc1cc(N2CCN(C3CCN(Cc4cccc(N5CCC(=O)NC5=O)c4)CC3)CC2)ccc1Nc1ncc(Cl)c(Nc2ccccc2P(C)(C)=O)n1. The van der Waals surface area contributed by atoms with E-state index >= 15 is 0 Å². The van der Waals surface area contributed by atoms with Gasteiger partial charge < -0.3 is 24.8 Å². The molecule has 3 aromatic carbocycles.